The van der Waals surface area contributed by atoms with Gasteiger partial charge < -0.3 is 15.5 Å². The van der Waals surface area contributed by atoms with Crippen LogP contribution in [0.5, 0.6) is 0 Å². The van der Waals surface area contributed by atoms with Crippen LogP contribution in [0.2, 0.25) is 0 Å². The summed E-state index contributed by atoms with van der Waals surface area (Å²) in [6.45, 7) is 1.33. The lowest BCUT2D eigenvalue weighted by molar-refractivity contribution is -0.144. The Morgan fingerprint density at radius 3 is 2.43 bits per heavy atom. The van der Waals surface area contributed by atoms with Crippen molar-refractivity contribution in [3.63, 3.8) is 0 Å². The molecule has 0 rings (SSSR count). The zero-order chi connectivity index (χ0) is 11.1. The van der Waals surface area contributed by atoms with Crippen LogP contribution in [0.1, 0.15) is 13.3 Å². The Morgan fingerprint density at radius 2 is 2.07 bits per heavy atom. The third-order valence-corrected chi connectivity index (χ3v) is 2.21. The van der Waals surface area contributed by atoms with Crippen molar-refractivity contribution in [1.29, 1.82) is 0 Å². The molecular formula is C8H15NO4S. The molecule has 0 saturated heterocycles. The maximum absolute atomic E-state index is 11.1. The highest BCUT2D eigenvalue weighted by molar-refractivity contribution is 7.98. The highest BCUT2D eigenvalue weighted by atomic mass is 32.2. The molecule has 0 aliphatic heterocycles. The number of thioether (sulfide) groups is 1. The summed E-state index contributed by atoms with van der Waals surface area (Å²) in [5.41, 5.74) is 0. The Balaban J connectivity index is 4.04. The molecule has 5 nitrogen and oxygen atoms in total. The van der Waals surface area contributed by atoms with Gasteiger partial charge in [-0.25, -0.2) is 4.79 Å². The van der Waals surface area contributed by atoms with E-state index in [-0.39, 0.29) is 12.3 Å². The van der Waals surface area contributed by atoms with Crippen molar-refractivity contribution in [2.45, 2.75) is 25.5 Å². The second kappa shape index (κ2) is 6.67. The first-order valence-corrected chi connectivity index (χ1v) is 5.57. The van der Waals surface area contributed by atoms with Gasteiger partial charge in [-0.05, 0) is 13.2 Å². The molecule has 0 heterocycles. The fourth-order valence-corrected chi connectivity index (χ4v) is 1.22. The first kappa shape index (κ1) is 13.2. The second-order valence-electron chi connectivity index (χ2n) is 2.87. The number of aliphatic hydroxyl groups is 1. The van der Waals surface area contributed by atoms with E-state index in [1.165, 1.54) is 18.7 Å². The minimum absolute atomic E-state index is 0.262. The van der Waals surface area contributed by atoms with Crippen molar-refractivity contribution in [1.82, 2.24) is 5.32 Å². The van der Waals surface area contributed by atoms with Crippen LogP contribution in [0.3, 0.4) is 0 Å². The van der Waals surface area contributed by atoms with Gasteiger partial charge in [0.2, 0.25) is 5.91 Å². The fourth-order valence-electron chi connectivity index (χ4n) is 0.829. The molecule has 6 heteroatoms. The molecule has 3 N–H and O–H groups in total. The van der Waals surface area contributed by atoms with E-state index in [1.54, 1.807) is 0 Å². The predicted molar refractivity (Wildman–Crippen MR) is 54.2 cm³/mol. The summed E-state index contributed by atoms with van der Waals surface area (Å²) in [5, 5.41) is 19.9. The zero-order valence-electron chi connectivity index (χ0n) is 8.19. The number of carbonyl (C=O) groups excluding carboxylic acids is 1. The number of carboxylic acid groups (broad SMARTS) is 1. The number of aliphatic carboxylic acids is 1. The molecule has 0 spiro atoms. The lowest BCUT2D eigenvalue weighted by Crippen LogP contribution is -2.47. The van der Waals surface area contributed by atoms with Crippen LogP contribution in [0.25, 0.3) is 0 Å². The third kappa shape index (κ3) is 5.08. The summed E-state index contributed by atoms with van der Waals surface area (Å²) in [7, 11) is 0. The van der Waals surface area contributed by atoms with Crippen LogP contribution < -0.4 is 5.32 Å². The summed E-state index contributed by atoms with van der Waals surface area (Å²) < 4.78 is 0. The first-order chi connectivity index (χ1) is 6.49. The van der Waals surface area contributed by atoms with E-state index < -0.39 is 18.1 Å². The quantitative estimate of drug-likeness (QED) is 0.572. The van der Waals surface area contributed by atoms with Gasteiger partial charge in [-0.1, -0.05) is 0 Å². The summed E-state index contributed by atoms with van der Waals surface area (Å²) in [5.74, 6) is -0.942. The molecule has 0 radical (unpaired) electrons. The Morgan fingerprint density at radius 1 is 1.50 bits per heavy atom. The normalized spacial score (nSPS) is 14.5. The Kier molecular flexibility index (Phi) is 6.31. The number of hydrogen-bond acceptors (Lipinski definition) is 4. The SMILES string of the molecule is CSCCC(=O)NC(C(=O)O)C(C)O. The minimum Gasteiger partial charge on any atom is -0.480 e. The van der Waals surface area contributed by atoms with Gasteiger partial charge in [0, 0.05) is 12.2 Å². The van der Waals surface area contributed by atoms with Gasteiger partial charge in [0.1, 0.15) is 0 Å². The molecule has 2 atom stereocenters. The summed E-state index contributed by atoms with van der Waals surface area (Å²) in [6.07, 6.45) is 1.03. The van der Waals surface area contributed by atoms with Gasteiger partial charge in [0.25, 0.3) is 0 Å². The van der Waals surface area contributed by atoms with Gasteiger partial charge in [-0.2, -0.15) is 11.8 Å². The fraction of sp³-hybridized carbons (Fsp3) is 0.750. The predicted octanol–water partition coefficient (Wildman–Crippen LogP) is -0.310. The Labute approximate surface area is 86.9 Å². The van der Waals surface area contributed by atoms with Crippen molar-refractivity contribution in [2.24, 2.45) is 0 Å². The van der Waals surface area contributed by atoms with Gasteiger partial charge in [-0.3, -0.25) is 4.79 Å². The van der Waals surface area contributed by atoms with E-state index in [0.29, 0.717) is 5.75 Å². The van der Waals surface area contributed by atoms with Crippen LogP contribution in [0.15, 0.2) is 0 Å². The molecule has 0 aliphatic rings. The number of nitrogens with one attached hydrogen (secondary N) is 1. The molecule has 0 saturated carbocycles. The average molecular weight is 221 g/mol. The molecule has 0 bridgehead atoms. The number of aliphatic hydroxyl groups excluding tert-OH is 1. The standard InChI is InChI=1S/C8H15NO4S/c1-5(10)7(8(12)13)9-6(11)3-4-14-2/h5,7,10H,3-4H2,1-2H3,(H,9,11)(H,12,13). The van der Waals surface area contributed by atoms with Crippen LogP contribution in [0.4, 0.5) is 0 Å². The molecular weight excluding hydrogens is 206 g/mol. The highest BCUT2D eigenvalue weighted by Gasteiger charge is 2.24. The number of rotatable bonds is 6. The van der Waals surface area contributed by atoms with Crippen molar-refractivity contribution in [3.8, 4) is 0 Å². The summed E-state index contributed by atoms with van der Waals surface area (Å²) in [6, 6.07) is -1.22. The number of carboxylic acids is 1. The highest BCUT2D eigenvalue weighted by Crippen LogP contribution is 1.98. The molecule has 1 amide bonds. The lowest BCUT2D eigenvalue weighted by Gasteiger charge is -2.16. The van der Waals surface area contributed by atoms with Crippen molar-refractivity contribution < 1.29 is 19.8 Å². The number of hydrogen-bond donors (Lipinski definition) is 3. The molecule has 2 unspecified atom stereocenters. The van der Waals surface area contributed by atoms with Gasteiger partial charge in [0.15, 0.2) is 6.04 Å². The number of carbonyl (C=O) groups is 2. The molecule has 0 aromatic rings. The van der Waals surface area contributed by atoms with E-state index in [9.17, 15) is 9.59 Å². The average Bonchev–Trinajstić information content (AvgIpc) is 2.09. The molecule has 0 fully saturated rings. The van der Waals surface area contributed by atoms with E-state index >= 15 is 0 Å². The first-order valence-electron chi connectivity index (χ1n) is 4.18. The smallest absolute Gasteiger partial charge is 0.328 e. The lowest BCUT2D eigenvalue weighted by atomic mass is 10.2. The summed E-state index contributed by atoms with van der Waals surface area (Å²) >= 11 is 1.50. The minimum atomic E-state index is -1.22. The Bertz CT molecular complexity index is 208. The third-order valence-electron chi connectivity index (χ3n) is 1.60. The van der Waals surface area contributed by atoms with E-state index in [1.807, 2.05) is 6.26 Å². The van der Waals surface area contributed by atoms with Gasteiger partial charge in [-0.15, -0.1) is 0 Å². The maximum Gasteiger partial charge on any atom is 0.328 e. The van der Waals surface area contributed by atoms with Crippen LogP contribution in [-0.2, 0) is 9.59 Å². The van der Waals surface area contributed by atoms with Crippen molar-refractivity contribution in [3.05, 3.63) is 0 Å². The molecule has 14 heavy (non-hydrogen) atoms. The maximum atomic E-state index is 11.1. The zero-order valence-corrected chi connectivity index (χ0v) is 9.00. The molecule has 0 aromatic carbocycles. The van der Waals surface area contributed by atoms with Crippen molar-refractivity contribution >= 4 is 23.6 Å². The van der Waals surface area contributed by atoms with Crippen molar-refractivity contribution in [2.75, 3.05) is 12.0 Å². The van der Waals surface area contributed by atoms with Crippen LogP contribution >= 0.6 is 11.8 Å². The molecule has 0 aromatic heterocycles. The monoisotopic (exact) mass is 221 g/mol. The van der Waals surface area contributed by atoms with Gasteiger partial charge >= 0.3 is 5.97 Å². The van der Waals surface area contributed by atoms with E-state index in [2.05, 4.69) is 5.32 Å². The van der Waals surface area contributed by atoms with Gasteiger partial charge in [0.05, 0.1) is 6.10 Å². The van der Waals surface area contributed by atoms with Crippen LogP contribution in [-0.4, -0.2) is 46.2 Å². The van der Waals surface area contributed by atoms with E-state index in [0.717, 1.165) is 0 Å². The number of amides is 1. The largest absolute Gasteiger partial charge is 0.480 e. The second-order valence-corrected chi connectivity index (χ2v) is 3.85. The van der Waals surface area contributed by atoms with E-state index in [4.69, 9.17) is 10.2 Å². The topological polar surface area (TPSA) is 86.6 Å². The molecule has 82 valence electrons. The summed E-state index contributed by atoms with van der Waals surface area (Å²) in [4.78, 5) is 21.7. The molecule has 0 aliphatic carbocycles. The Hall–Kier alpha value is -0.750. The van der Waals surface area contributed by atoms with Crippen LogP contribution in [0, 0.1) is 0 Å².